The van der Waals surface area contributed by atoms with Crippen LogP contribution >= 0.6 is 59.4 Å². The van der Waals surface area contributed by atoms with Gasteiger partial charge in [0.05, 0.1) is 22.5 Å². The average Bonchev–Trinajstić information content (AvgIpc) is 3.98. The number of nitrogens with one attached hydrogen (secondary N) is 2. The molecule has 4 aromatic carbocycles. The summed E-state index contributed by atoms with van der Waals surface area (Å²) in [6.45, 7) is 0.325. The Balaban J connectivity index is 1.24. The van der Waals surface area contributed by atoms with E-state index in [9.17, 15) is 19.2 Å². The number of halogens is 4. The van der Waals surface area contributed by atoms with E-state index in [4.69, 9.17) is 25.8 Å². The highest BCUT2D eigenvalue weighted by Crippen LogP contribution is 2.34. The summed E-state index contributed by atoms with van der Waals surface area (Å²) >= 11 is 16.5. The molecule has 49 heavy (non-hydrogen) atoms. The normalized spacial score (nSPS) is 13.7. The summed E-state index contributed by atoms with van der Waals surface area (Å²) in [4.78, 5) is 52.6. The first-order valence-electron chi connectivity index (χ1n) is 15.3. The summed E-state index contributed by atoms with van der Waals surface area (Å²) in [6.07, 6.45) is 3.04. The monoisotopic (exact) mass is 872 g/mol. The van der Waals surface area contributed by atoms with Gasteiger partial charge in [0, 0.05) is 41.4 Å². The minimum absolute atomic E-state index is 0.0710. The van der Waals surface area contributed by atoms with E-state index in [1.54, 1.807) is 30.3 Å². The van der Waals surface area contributed by atoms with E-state index in [1.165, 1.54) is 24.3 Å². The number of hydrogen-bond donors (Lipinski definition) is 2. The van der Waals surface area contributed by atoms with Crippen LogP contribution in [0.1, 0.15) is 57.5 Å². The number of esters is 2. The minimum Gasteiger partial charge on any atom is -0.489 e. The number of anilines is 2. The first kappa shape index (κ1) is 35.1. The Kier molecular flexibility index (Phi) is 11.1. The van der Waals surface area contributed by atoms with Crippen molar-refractivity contribution in [2.75, 3.05) is 10.6 Å². The molecule has 0 heterocycles. The number of hydrogen-bond acceptors (Lipinski definition) is 7. The van der Waals surface area contributed by atoms with Crippen LogP contribution in [0.4, 0.5) is 11.4 Å². The van der Waals surface area contributed by atoms with Crippen LogP contribution in [-0.4, -0.2) is 23.8 Å². The SMILES string of the molecule is O=C(OC(=O)c1cc(OCc2ccc(Br)cc2Br)ccc1NC(=O)C1CC1)c1cc(OCc2ccc(Cl)cc2Br)ccc1NC(=O)C1CC1. The lowest BCUT2D eigenvalue weighted by Gasteiger charge is -2.15. The molecule has 0 unspecified atom stereocenters. The smallest absolute Gasteiger partial charge is 0.348 e. The summed E-state index contributed by atoms with van der Waals surface area (Å²) in [5, 5.41) is 6.12. The molecule has 252 valence electrons. The fourth-order valence-electron chi connectivity index (χ4n) is 4.74. The molecule has 0 spiro atoms. The van der Waals surface area contributed by atoms with Crippen molar-refractivity contribution in [3.05, 3.63) is 113 Å². The van der Waals surface area contributed by atoms with Crippen molar-refractivity contribution in [2.45, 2.75) is 38.9 Å². The number of carbonyl (C=O) groups is 4. The summed E-state index contributed by atoms with van der Waals surface area (Å²) in [5.74, 6) is -2.13. The van der Waals surface area contributed by atoms with Gasteiger partial charge in [-0.3, -0.25) is 9.59 Å². The highest BCUT2D eigenvalue weighted by molar-refractivity contribution is 9.11. The van der Waals surface area contributed by atoms with Gasteiger partial charge >= 0.3 is 11.9 Å². The zero-order valence-electron chi connectivity index (χ0n) is 25.7. The lowest BCUT2D eigenvalue weighted by atomic mass is 10.1. The third-order valence-corrected chi connectivity index (χ3v) is 10.0. The van der Waals surface area contributed by atoms with Gasteiger partial charge in [-0.1, -0.05) is 71.5 Å². The fraction of sp³-hybridized carbons (Fsp3) is 0.222. The van der Waals surface area contributed by atoms with E-state index >= 15 is 0 Å². The van der Waals surface area contributed by atoms with Gasteiger partial charge in [0.1, 0.15) is 24.7 Å². The van der Waals surface area contributed by atoms with Crippen LogP contribution in [0.5, 0.6) is 11.5 Å². The predicted molar refractivity (Wildman–Crippen MR) is 195 cm³/mol. The maximum Gasteiger partial charge on any atom is 0.348 e. The average molecular weight is 876 g/mol. The molecule has 2 N–H and O–H groups in total. The Labute approximate surface area is 312 Å². The Morgan fingerprint density at radius 2 is 1.10 bits per heavy atom. The van der Waals surface area contributed by atoms with Crippen LogP contribution < -0.4 is 20.1 Å². The molecule has 0 radical (unpaired) electrons. The standard InChI is InChI=1S/C36H28Br3ClN2O7/c37-23-7-5-21(29(38)13-23)17-47-25-9-11-31(41-33(43)19-1-2-19)27(15-25)35(45)49-36(46)28-16-26(10-12-32(28)42-34(44)20-3-4-20)48-18-22-6-8-24(40)14-30(22)39/h5-16,19-20H,1-4,17-18H2,(H,41,43)(H,42,44). The van der Waals surface area contributed by atoms with Crippen LogP contribution in [0.3, 0.4) is 0 Å². The third-order valence-electron chi connectivity index (χ3n) is 7.84. The lowest BCUT2D eigenvalue weighted by molar-refractivity contribution is -0.118. The van der Waals surface area contributed by atoms with E-state index in [1.807, 2.05) is 18.2 Å². The second-order valence-corrected chi connectivity index (χ2v) is 14.7. The van der Waals surface area contributed by atoms with Gasteiger partial charge in [0.15, 0.2) is 0 Å². The molecule has 0 bridgehead atoms. The Hall–Kier alpha value is -3.71. The summed E-state index contributed by atoms with van der Waals surface area (Å²) in [7, 11) is 0. The molecule has 2 saturated carbocycles. The number of rotatable bonds is 12. The zero-order chi connectivity index (χ0) is 34.7. The zero-order valence-corrected chi connectivity index (χ0v) is 31.2. The van der Waals surface area contributed by atoms with E-state index < -0.39 is 11.9 Å². The highest BCUT2D eigenvalue weighted by Gasteiger charge is 2.32. The third kappa shape index (κ3) is 9.30. The first-order valence-corrected chi connectivity index (χ1v) is 18.1. The molecule has 4 aromatic rings. The van der Waals surface area contributed by atoms with Crippen molar-refractivity contribution in [1.82, 2.24) is 0 Å². The van der Waals surface area contributed by atoms with Gasteiger partial charge < -0.3 is 24.8 Å². The van der Waals surface area contributed by atoms with Crippen LogP contribution in [0.15, 0.2) is 86.2 Å². The van der Waals surface area contributed by atoms with Crippen molar-refractivity contribution in [2.24, 2.45) is 11.8 Å². The van der Waals surface area contributed by atoms with Crippen molar-refractivity contribution in [3.8, 4) is 11.5 Å². The number of benzene rings is 4. The fourth-order valence-corrected chi connectivity index (χ4v) is 6.70. The van der Waals surface area contributed by atoms with Crippen LogP contribution in [0, 0.1) is 11.8 Å². The molecule has 2 amide bonds. The molecular formula is C36H28Br3ClN2O7. The summed E-state index contributed by atoms with van der Waals surface area (Å²) < 4.78 is 19.8. The molecule has 0 aromatic heterocycles. The molecule has 2 fully saturated rings. The molecular weight excluding hydrogens is 848 g/mol. The largest absolute Gasteiger partial charge is 0.489 e. The quantitative estimate of drug-likeness (QED) is 0.108. The lowest BCUT2D eigenvalue weighted by Crippen LogP contribution is -2.20. The summed E-state index contributed by atoms with van der Waals surface area (Å²) in [6, 6.07) is 20.1. The van der Waals surface area contributed by atoms with Gasteiger partial charge in [-0.05, 0) is 86.3 Å². The maximum absolute atomic E-state index is 13.6. The molecule has 2 aliphatic rings. The van der Waals surface area contributed by atoms with Gasteiger partial charge in [-0.2, -0.15) is 0 Å². The Morgan fingerprint density at radius 1 is 0.633 bits per heavy atom. The number of amides is 2. The predicted octanol–water partition coefficient (Wildman–Crippen LogP) is 9.48. The molecule has 9 nitrogen and oxygen atoms in total. The van der Waals surface area contributed by atoms with Gasteiger partial charge in [0.2, 0.25) is 11.8 Å². The van der Waals surface area contributed by atoms with Crippen LogP contribution in [0.25, 0.3) is 0 Å². The Morgan fingerprint density at radius 3 is 1.55 bits per heavy atom. The second-order valence-electron chi connectivity index (χ2n) is 11.7. The molecule has 0 aliphatic heterocycles. The van der Waals surface area contributed by atoms with Crippen molar-refractivity contribution < 1.29 is 33.4 Å². The van der Waals surface area contributed by atoms with Crippen LogP contribution in [0.2, 0.25) is 5.02 Å². The van der Waals surface area contributed by atoms with E-state index in [0.29, 0.717) is 16.5 Å². The van der Waals surface area contributed by atoms with Gasteiger partial charge in [0.25, 0.3) is 0 Å². The number of carbonyl (C=O) groups excluding carboxylic acids is 4. The van der Waals surface area contributed by atoms with Crippen molar-refractivity contribution >= 4 is 94.5 Å². The molecule has 13 heteroatoms. The maximum atomic E-state index is 13.6. The Bertz CT molecular complexity index is 1820. The van der Waals surface area contributed by atoms with E-state index in [0.717, 1.165) is 50.2 Å². The summed E-state index contributed by atoms with van der Waals surface area (Å²) in [5.41, 5.74) is 1.88. The van der Waals surface area contributed by atoms with Crippen molar-refractivity contribution in [3.63, 3.8) is 0 Å². The van der Waals surface area contributed by atoms with Crippen LogP contribution in [-0.2, 0) is 27.5 Å². The highest BCUT2D eigenvalue weighted by atomic mass is 79.9. The number of ether oxygens (including phenoxy) is 3. The topological polar surface area (TPSA) is 120 Å². The molecule has 0 saturated heterocycles. The second kappa shape index (κ2) is 15.5. The van der Waals surface area contributed by atoms with E-state index in [-0.39, 0.29) is 59.4 Å². The molecule has 6 rings (SSSR count). The first-order chi connectivity index (χ1) is 23.5. The van der Waals surface area contributed by atoms with Gasteiger partial charge in [-0.15, -0.1) is 0 Å². The molecule has 0 atom stereocenters. The van der Waals surface area contributed by atoms with E-state index in [2.05, 4.69) is 58.4 Å². The van der Waals surface area contributed by atoms with Crippen molar-refractivity contribution in [1.29, 1.82) is 0 Å². The van der Waals surface area contributed by atoms with Gasteiger partial charge in [-0.25, -0.2) is 9.59 Å². The molecule has 2 aliphatic carbocycles. The minimum atomic E-state index is -1.01.